The molecule has 1 aromatic carbocycles. The monoisotopic (exact) mass is 499 g/mol. The minimum atomic E-state index is -0.979. The maximum Gasteiger partial charge on any atom is 0.246 e. The minimum absolute atomic E-state index is 0.133. The predicted molar refractivity (Wildman–Crippen MR) is 136 cm³/mol. The van der Waals surface area contributed by atoms with Crippen molar-refractivity contribution in [2.75, 3.05) is 19.7 Å². The van der Waals surface area contributed by atoms with E-state index in [1.165, 1.54) is 0 Å². The molecule has 3 aliphatic heterocycles. The van der Waals surface area contributed by atoms with E-state index >= 15 is 0 Å². The van der Waals surface area contributed by atoms with Crippen molar-refractivity contribution in [3.05, 3.63) is 35.9 Å². The van der Waals surface area contributed by atoms with Gasteiger partial charge >= 0.3 is 0 Å². The zero-order chi connectivity index (χ0) is 25.8. The number of rotatable bonds is 13. The molecule has 3 aliphatic rings. The Hall–Kier alpha value is -2.45. The molecule has 1 spiro atoms. The summed E-state index contributed by atoms with van der Waals surface area (Å²) < 4.78 is 6.75. The maximum atomic E-state index is 14.0. The molecule has 3 saturated heterocycles. The number of hydrogen-bond donors (Lipinski definition) is 3. The molecule has 198 valence electrons. The van der Waals surface area contributed by atoms with E-state index in [1.54, 1.807) is 4.90 Å². The van der Waals surface area contributed by atoms with Crippen LogP contribution in [0, 0.1) is 11.8 Å². The number of ether oxygens (including phenoxy) is 1. The lowest BCUT2D eigenvalue weighted by Gasteiger charge is -2.34. The quantitative estimate of drug-likeness (QED) is 0.362. The van der Waals surface area contributed by atoms with Crippen LogP contribution in [-0.2, 0) is 25.7 Å². The summed E-state index contributed by atoms with van der Waals surface area (Å²) in [7, 11) is 0. The van der Waals surface area contributed by atoms with Gasteiger partial charge in [0.15, 0.2) is 0 Å². The number of nitrogens with one attached hydrogen (secondary N) is 2. The smallest absolute Gasteiger partial charge is 0.246 e. The highest BCUT2D eigenvalue weighted by molar-refractivity contribution is 5.99. The van der Waals surface area contributed by atoms with Crippen LogP contribution in [0.5, 0.6) is 0 Å². The molecule has 3 heterocycles. The van der Waals surface area contributed by atoms with E-state index in [4.69, 9.17) is 9.84 Å². The average molecular weight is 500 g/mol. The number of fused-ring (bicyclic) bond motifs is 1. The molecule has 1 aromatic rings. The van der Waals surface area contributed by atoms with Gasteiger partial charge in [0.25, 0.3) is 0 Å². The Morgan fingerprint density at radius 1 is 1.06 bits per heavy atom. The molecule has 0 aliphatic carbocycles. The third-order valence-corrected chi connectivity index (χ3v) is 8.38. The summed E-state index contributed by atoms with van der Waals surface area (Å²) >= 11 is 0. The van der Waals surface area contributed by atoms with Crippen LogP contribution < -0.4 is 10.6 Å². The summed E-state index contributed by atoms with van der Waals surface area (Å²) in [4.78, 5) is 42.8. The topological polar surface area (TPSA) is 108 Å². The van der Waals surface area contributed by atoms with Gasteiger partial charge in [-0.25, -0.2) is 0 Å². The molecule has 36 heavy (non-hydrogen) atoms. The second-order valence-electron chi connectivity index (χ2n) is 10.5. The van der Waals surface area contributed by atoms with E-state index < -0.39 is 29.1 Å². The molecule has 0 aromatic heterocycles. The molecule has 0 saturated carbocycles. The normalized spacial score (nSPS) is 30.5. The highest BCUT2D eigenvalue weighted by atomic mass is 16.5. The maximum absolute atomic E-state index is 14.0. The van der Waals surface area contributed by atoms with E-state index in [9.17, 15) is 14.4 Å². The van der Waals surface area contributed by atoms with Crippen molar-refractivity contribution in [1.29, 1.82) is 0 Å². The highest BCUT2D eigenvalue weighted by Gasteiger charge is 2.78. The van der Waals surface area contributed by atoms with Gasteiger partial charge in [-0.1, -0.05) is 57.0 Å². The van der Waals surface area contributed by atoms with Crippen LogP contribution in [0.2, 0.25) is 0 Å². The van der Waals surface area contributed by atoms with Crippen molar-refractivity contribution in [3.63, 3.8) is 0 Å². The molecular weight excluding hydrogens is 458 g/mol. The van der Waals surface area contributed by atoms with Gasteiger partial charge in [-0.2, -0.15) is 0 Å². The molecule has 8 heteroatoms. The highest BCUT2D eigenvalue weighted by Crippen LogP contribution is 2.64. The average Bonchev–Trinajstić information content (AvgIpc) is 3.50. The van der Waals surface area contributed by atoms with Crippen molar-refractivity contribution in [3.8, 4) is 0 Å². The number of benzene rings is 1. The lowest BCUT2D eigenvalue weighted by molar-refractivity contribution is -0.147. The van der Waals surface area contributed by atoms with Crippen LogP contribution in [0.4, 0.5) is 0 Å². The van der Waals surface area contributed by atoms with Crippen molar-refractivity contribution in [2.24, 2.45) is 11.8 Å². The number of amides is 3. The predicted octanol–water partition coefficient (Wildman–Crippen LogP) is 2.54. The third-order valence-electron chi connectivity index (χ3n) is 8.38. The Morgan fingerprint density at radius 3 is 2.50 bits per heavy atom. The van der Waals surface area contributed by atoms with E-state index in [0.717, 1.165) is 37.7 Å². The van der Waals surface area contributed by atoms with E-state index in [2.05, 4.69) is 10.6 Å². The Bertz CT molecular complexity index is 940. The fourth-order valence-electron chi connectivity index (χ4n) is 6.64. The van der Waals surface area contributed by atoms with Gasteiger partial charge < -0.3 is 25.4 Å². The van der Waals surface area contributed by atoms with Gasteiger partial charge in [-0.15, -0.1) is 0 Å². The third kappa shape index (κ3) is 4.65. The molecule has 2 unspecified atom stereocenters. The number of aliphatic hydroxyl groups is 1. The fraction of sp³-hybridized carbons (Fsp3) is 0.679. The Labute approximate surface area is 214 Å². The SMILES string of the molecule is CCCNC(=O)[C@@H]1[C@H]2C(=O)N(CCCCCCO)C(C(=O)NCc3ccccc3)C23CC[C@@]1(CC)O3. The first-order valence-electron chi connectivity index (χ1n) is 13.6. The molecule has 4 rings (SSSR count). The first-order chi connectivity index (χ1) is 17.4. The number of carbonyl (C=O) groups excluding carboxylic acids is 3. The summed E-state index contributed by atoms with van der Waals surface area (Å²) in [6.45, 7) is 5.53. The first-order valence-corrected chi connectivity index (χ1v) is 13.6. The van der Waals surface area contributed by atoms with Crippen molar-refractivity contribution in [2.45, 2.75) is 89.0 Å². The number of aliphatic hydroxyl groups excluding tert-OH is 1. The van der Waals surface area contributed by atoms with Crippen LogP contribution in [0.15, 0.2) is 30.3 Å². The molecule has 2 bridgehead atoms. The van der Waals surface area contributed by atoms with Gasteiger partial charge in [-0.05, 0) is 44.1 Å². The van der Waals surface area contributed by atoms with E-state index in [1.807, 2.05) is 44.2 Å². The molecule has 3 amide bonds. The number of unbranched alkanes of at least 4 members (excludes halogenated alkanes) is 3. The Kier molecular flexibility index (Phi) is 8.35. The van der Waals surface area contributed by atoms with E-state index in [0.29, 0.717) is 38.9 Å². The largest absolute Gasteiger partial charge is 0.396 e. The van der Waals surface area contributed by atoms with Crippen molar-refractivity contribution < 1.29 is 24.2 Å². The molecular formula is C28H41N3O5. The van der Waals surface area contributed by atoms with Gasteiger partial charge in [0.05, 0.1) is 17.4 Å². The lowest BCUT2D eigenvalue weighted by Crippen LogP contribution is -2.55. The standard InChI is InChI=1S/C28H41N3O5/c1-3-16-29-24(33)21-22-26(35)31(17-10-5-6-11-18-32)23(28(22)15-14-27(21,4-2)36-28)25(34)30-19-20-12-8-7-9-13-20/h7-9,12-13,21-23,32H,3-6,10-11,14-19H2,1-2H3,(H,29,33)(H,30,34)/t21-,22-,23?,27+,28?/m0/s1. The second kappa shape index (κ2) is 11.3. The van der Waals surface area contributed by atoms with Gasteiger partial charge in [0, 0.05) is 26.2 Å². The number of likely N-dealkylation sites (tertiary alicyclic amines) is 1. The van der Waals surface area contributed by atoms with Gasteiger partial charge in [0.2, 0.25) is 17.7 Å². The van der Waals surface area contributed by atoms with Crippen molar-refractivity contribution in [1.82, 2.24) is 15.5 Å². The summed E-state index contributed by atoms with van der Waals surface area (Å²) in [5.74, 6) is -1.71. The Morgan fingerprint density at radius 2 is 1.81 bits per heavy atom. The zero-order valence-electron chi connectivity index (χ0n) is 21.6. The summed E-state index contributed by atoms with van der Waals surface area (Å²) in [6, 6.07) is 8.95. The molecule has 5 atom stereocenters. The molecule has 3 fully saturated rings. The number of hydrogen-bond acceptors (Lipinski definition) is 5. The molecule has 0 radical (unpaired) electrons. The first kappa shape index (κ1) is 26.6. The Balaban J connectivity index is 1.61. The summed E-state index contributed by atoms with van der Waals surface area (Å²) in [6.07, 6.45) is 5.90. The van der Waals surface area contributed by atoms with E-state index in [-0.39, 0.29) is 24.3 Å². The van der Waals surface area contributed by atoms with Crippen LogP contribution in [0.1, 0.15) is 70.8 Å². The number of nitrogens with zero attached hydrogens (tertiary/aromatic N) is 1. The summed E-state index contributed by atoms with van der Waals surface area (Å²) in [5, 5.41) is 15.1. The number of carbonyl (C=O) groups is 3. The van der Waals surface area contributed by atoms with Crippen LogP contribution >= 0.6 is 0 Å². The van der Waals surface area contributed by atoms with Crippen LogP contribution in [0.3, 0.4) is 0 Å². The second-order valence-corrected chi connectivity index (χ2v) is 10.5. The minimum Gasteiger partial charge on any atom is -0.396 e. The fourth-order valence-corrected chi connectivity index (χ4v) is 6.64. The van der Waals surface area contributed by atoms with Crippen LogP contribution in [0.25, 0.3) is 0 Å². The molecule has 3 N–H and O–H groups in total. The van der Waals surface area contributed by atoms with Crippen molar-refractivity contribution >= 4 is 17.7 Å². The summed E-state index contributed by atoms with van der Waals surface area (Å²) in [5.41, 5.74) is -0.700. The van der Waals surface area contributed by atoms with Crippen LogP contribution in [-0.4, -0.2) is 64.7 Å². The molecule has 8 nitrogen and oxygen atoms in total. The van der Waals surface area contributed by atoms with Gasteiger partial charge in [-0.3, -0.25) is 14.4 Å². The zero-order valence-corrected chi connectivity index (χ0v) is 21.6. The van der Waals surface area contributed by atoms with Gasteiger partial charge in [0.1, 0.15) is 11.6 Å². The lowest BCUT2D eigenvalue weighted by atomic mass is 9.65.